The van der Waals surface area contributed by atoms with Gasteiger partial charge in [-0.2, -0.15) is 5.10 Å². The maximum Gasteiger partial charge on any atom is 0.319 e. The van der Waals surface area contributed by atoms with Crippen LogP contribution in [0.3, 0.4) is 0 Å². The number of urea groups is 1. The molecule has 0 saturated carbocycles. The number of furan rings is 1. The largest absolute Gasteiger partial charge is 0.465 e. The van der Waals surface area contributed by atoms with Crippen LogP contribution in [0.1, 0.15) is 24.5 Å². The first-order valence-electron chi connectivity index (χ1n) is 8.61. The van der Waals surface area contributed by atoms with Gasteiger partial charge >= 0.3 is 6.03 Å². The van der Waals surface area contributed by atoms with Crippen molar-refractivity contribution in [2.75, 3.05) is 38.2 Å². The van der Waals surface area contributed by atoms with E-state index in [-0.39, 0.29) is 12.1 Å². The van der Waals surface area contributed by atoms with Crippen molar-refractivity contribution in [1.82, 2.24) is 20.0 Å². The molecule has 8 nitrogen and oxygen atoms in total. The van der Waals surface area contributed by atoms with Crippen LogP contribution in [-0.4, -0.2) is 53.6 Å². The molecule has 2 N–H and O–H groups in total. The molecule has 0 aromatic carbocycles. The Hall–Kier alpha value is -2.32. The molecule has 1 saturated heterocycles. The van der Waals surface area contributed by atoms with E-state index >= 15 is 0 Å². The van der Waals surface area contributed by atoms with Crippen LogP contribution in [0.25, 0.3) is 0 Å². The third-order valence-electron chi connectivity index (χ3n) is 4.25. The predicted octanol–water partition coefficient (Wildman–Crippen LogP) is 2.00. The van der Waals surface area contributed by atoms with Gasteiger partial charge in [0.05, 0.1) is 31.1 Å². The normalized spacial score (nSPS) is 16.6. The van der Waals surface area contributed by atoms with Gasteiger partial charge in [0.2, 0.25) is 0 Å². The van der Waals surface area contributed by atoms with E-state index in [9.17, 15) is 4.79 Å². The van der Waals surface area contributed by atoms with Crippen molar-refractivity contribution in [2.24, 2.45) is 0 Å². The molecule has 0 spiro atoms. The van der Waals surface area contributed by atoms with Gasteiger partial charge in [-0.15, -0.1) is 0 Å². The fraction of sp³-hybridized carbons (Fsp3) is 0.529. The Bertz CT molecular complexity index is 690. The highest BCUT2D eigenvalue weighted by molar-refractivity contribution is 5.88. The summed E-state index contributed by atoms with van der Waals surface area (Å²) in [5, 5.41) is 9.88. The maximum atomic E-state index is 12.2. The van der Waals surface area contributed by atoms with Crippen LogP contribution in [0, 0.1) is 6.92 Å². The van der Waals surface area contributed by atoms with E-state index in [1.165, 1.54) is 0 Å². The Balaban J connectivity index is 1.60. The summed E-state index contributed by atoms with van der Waals surface area (Å²) in [7, 11) is 0. The van der Waals surface area contributed by atoms with Crippen LogP contribution in [0.2, 0.25) is 0 Å². The highest BCUT2D eigenvalue weighted by Gasteiger charge is 2.25. The smallest absolute Gasteiger partial charge is 0.319 e. The molecule has 25 heavy (non-hydrogen) atoms. The van der Waals surface area contributed by atoms with Gasteiger partial charge in [-0.05, 0) is 26.0 Å². The van der Waals surface area contributed by atoms with Crippen LogP contribution >= 0.6 is 0 Å². The minimum Gasteiger partial charge on any atom is -0.465 e. The van der Waals surface area contributed by atoms with Crippen LogP contribution in [0.15, 0.2) is 28.9 Å². The topological polar surface area (TPSA) is 84.6 Å². The number of aryl methyl sites for hydroxylation is 2. The van der Waals surface area contributed by atoms with E-state index < -0.39 is 0 Å². The van der Waals surface area contributed by atoms with Crippen molar-refractivity contribution < 1.29 is 13.9 Å². The maximum absolute atomic E-state index is 12.2. The molecule has 1 fully saturated rings. The number of nitrogens with zero attached hydrogens (tertiary/aromatic N) is 3. The number of hydrogen-bond donors (Lipinski definition) is 2. The first kappa shape index (κ1) is 17.5. The molecule has 0 radical (unpaired) electrons. The Morgan fingerprint density at radius 3 is 2.80 bits per heavy atom. The number of anilines is 1. The van der Waals surface area contributed by atoms with E-state index in [2.05, 4.69) is 20.6 Å². The molecule has 1 aliphatic rings. The fourth-order valence-corrected chi connectivity index (χ4v) is 2.90. The third-order valence-corrected chi connectivity index (χ3v) is 4.25. The summed E-state index contributed by atoms with van der Waals surface area (Å²) in [5.41, 5.74) is 0.677. The van der Waals surface area contributed by atoms with E-state index in [4.69, 9.17) is 9.15 Å². The highest BCUT2D eigenvalue weighted by Crippen LogP contribution is 2.23. The molecule has 2 aromatic rings. The van der Waals surface area contributed by atoms with E-state index in [0.29, 0.717) is 25.4 Å². The Morgan fingerprint density at radius 2 is 2.16 bits per heavy atom. The van der Waals surface area contributed by atoms with Crippen molar-refractivity contribution in [1.29, 1.82) is 0 Å². The first-order chi connectivity index (χ1) is 12.2. The standard InChI is InChI=1S/C17H25N5O3/c1-3-22-12-14(10-19-22)20-17(23)18-11-15(16-5-4-13(2)25-16)21-6-8-24-9-7-21/h4-5,10,12,15H,3,6-9,11H2,1-2H3,(H2,18,20,23). The second kappa shape index (κ2) is 8.17. The summed E-state index contributed by atoms with van der Waals surface area (Å²) in [6.45, 7) is 8.16. The highest BCUT2D eigenvalue weighted by atomic mass is 16.5. The number of carbonyl (C=O) groups excluding carboxylic acids is 1. The molecule has 3 rings (SSSR count). The molecule has 0 aliphatic carbocycles. The van der Waals surface area contributed by atoms with Gasteiger partial charge in [0.1, 0.15) is 11.5 Å². The van der Waals surface area contributed by atoms with Gasteiger partial charge in [-0.25, -0.2) is 4.79 Å². The number of ether oxygens (including phenoxy) is 1. The number of morpholine rings is 1. The van der Waals surface area contributed by atoms with Crippen LogP contribution in [0.5, 0.6) is 0 Å². The third kappa shape index (κ3) is 4.61. The van der Waals surface area contributed by atoms with Gasteiger partial charge in [-0.1, -0.05) is 0 Å². The van der Waals surface area contributed by atoms with Gasteiger partial charge < -0.3 is 19.8 Å². The molecule has 2 aromatic heterocycles. The molecule has 8 heteroatoms. The lowest BCUT2D eigenvalue weighted by Gasteiger charge is -2.33. The van der Waals surface area contributed by atoms with E-state index in [1.807, 2.05) is 26.0 Å². The van der Waals surface area contributed by atoms with Gasteiger partial charge in [0, 0.05) is 32.4 Å². The fourth-order valence-electron chi connectivity index (χ4n) is 2.90. The summed E-state index contributed by atoms with van der Waals surface area (Å²) in [4.78, 5) is 14.5. The quantitative estimate of drug-likeness (QED) is 0.835. The zero-order valence-corrected chi connectivity index (χ0v) is 14.7. The number of amides is 2. The lowest BCUT2D eigenvalue weighted by atomic mass is 10.1. The molecule has 1 aliphatic heterocycles. The molecule has 1 atom stereocenters. The molecule has 3 heterocycles. The summed E-state index contributed by atoms with van der Waals surface area (Å²) < 4.78 is 13.0. The van der Waals surface area contributed by atoms with Crippen LogP contribution in [-0.2, 0) is 11.3 Å². The van der Waals surface area contributed by atoms with E-state index in [0.717, 1.165) is 31.2 Å². The van der Waals surface area contributed by atoms with Crippen molar-refractivity contribution in [3.8, 4) is 0 Å². The van der Waals surface area contributed by atoms with Crippen LogP contribution < -0.4 is 10.6 Å². The zero-order valence-electron chi connectivity index (χ0n) is 14.7. The molecular formula is C17H25N5O3. The number of aromatic nitrogens is 2. The number of rotatable bonds is 6. The van der Waals surface area contributed by atoms with Gasteiger partial charge in [0.25, 0.3) is 0 Å². The average molecular weight is 347 g/mol. The molecule has 136 valence electrons. The van der Waals surface area contributed by atoms with Crippen molar-refractivity contribution in [3.63, 3.8) is 0 Å². The lowest BCUT2D eigenvalue weighted by Crippen LogP contribution is -2.44. The minimum absolute atomic E-state index is 0.0123. The number of carbonyl (C=O) groups is 1. The van der Waals surface area contributed by atoms with Crippen molar-refractivity contribution in [3.05, 3.63) is 36.0 Å². The van der Waals surface area contributed by atoms with Crippen molar-refractivity contribution in [2.45, 2.75) is 26.4 Å². The summed E-state index contributed by atoms with van der Waals surface area (Å²) in [6.07, 6.45) is 3.44. The zero-order chi connectivity index (χ0) is 17.6. The van der Waals surface area contributed by atoms with Crippen molar-refractivity contribution >= 4 is 11.7 Å². The Labute approximate surface area is 147 Å². The summed E-state index contributed by atoms with van der Waals surface area (Å²) >= 11 is 0. The first-order valence-corrected chi connectivity index (χ1v) is 8.61. The summed E-state index contributed by atoms with van der Waals surface area (Å²) in [6, 6.07) is 3.65. The molecule has 2 amide bonds. The second-order valence-electron chi connectivity index (χ2n) is 6.03. The number of hydrogen-bond acceptors (Lipinski definition) is 5. The monoisotopic (exact) mass is 347 g/mol. The SMILES string of the molecule is CCn1cc(NC(=O)NCC(c2ccc(C)o2)N2CCOCC2)cn1. The molecule has 0 bridgehead atoms. The second-order valence-corrected chi connectivity index (χ2v) is 6.03. The lowest BCUT2D eigenvalue weighted by molar-refractivity contribution is 0.0122. The average Bonchev–Trinajstić information content (AvgIpc) is 3.25. The van der Waals surface area contributed by atoms with Gasteiger partial charge in [-0.3, -0.25) is 9.58 Å². The predicted molar refractivity (Wildman–Crippen MR) is 93.5 cm³/mol. The Morgan fingerprint density at radius 1 is 1.36 bits per heavy atom. The molecular weight excluding hydrogens is 322 g/mol. The van der Waals surface area contributed by atoms with Gasteiger partial charge in [0.15, 0.2) is 0 Å². The number of nitrogens with one attached hydrogen (secondary N) is 2. The minimum atomic E-state index is -0.253. The molecule has 1 unspecified atom stereocenters. The summed E-state index contributed by atoms with van der Waals surface area (Å²) in [5.74, 6) is 1.73. The Kier molecular flexibility index (Phi) is 5.72. The van der Waals surface area contributed by atoms with Crippen LogP contribution in [0.4, 0.5) is 10.5 Å². The van der Waals surface area contributed by atoms with E-state index in [1.54, 1.807) is 17.1 Å².